The molecule has 0 aliphatic rings. The van der Waals surface area contributed by atoms with Gasteiger partial charge in [-0.15, -0.1) is 0 Å². The smallest absolute Gasteiger partial charge is 0.258 e. The monoisotopic (exact) mass is 337 g/mol. The predicted octanol–water partition coefficient (Wildman–Crippen LogP) is 4.45. The molecule has 0 saturated carbocycles. The van der Waals surface area contributed by atoms with Crippen LogP contribution in [0.3, 0.4) is 0 Å². The Labute approximate surface area is 147 Å². The van der Waals surface area contributed by atoms with Gasteiger partial charge in [-0.3, -0.25) is 4.79 Å². The maximum absolute atomic E-state index is 12.8. The van der Waals surface area contributed by atoms with E-state index in [2.05, 4.69) is 53.6 Å². The number of amides is 1. The van der Waals surface area contributed by atoms with Crippen molar-refractivity contribution in [3.8, 4) is 0 Å². The lowest BCUT2D eigenvalue weighted by atomic mass is 9.99. The van der Waals surface area contributed by atoms with Crippen molar-refractivity contribution in [1.29, 1.82) is 0 Å². The zero-order valence-electron chi connectivity index (χ0n) is 15.3. The first-order valence-corrected chi connectivity index (χ1v) is 8.51. The number of hydrogen-bond acceptors (Lipinski definition) is 4. The minimum absolute atomic E-state index is 0.0996. The van der Waals surface area contributed by atoms with Gasteiger partial charge in [-0.25, -0.2) is 4.98 Å². The summed E-state index contributed by atoms with van der Waals surface area (Å²) in [5.74, 6) is 0.339. The van der Waals surface area contributed by atoms with Gasteiger partial charge in [0.1, 0.15) is 0 Å². The molecule has 5 nitrogen and oxygen atoms in total. The molecule has 0 saturated heterocycles. The van der Waals surface area contributed by atoms with Gasteiger partial charge >= 0.3 is 0 Å². The standard InChI is InChI=1S/C20H23N3O2/c1-11(2)15-6-8-16(9-7-15)13(4)22-19(24)17-10-12(3)21-20-18(17)14(5)23-25-20/h6-11,13H,1-5H3,(H,22,24). The fraction of sp³-hybridized carbons (Fsp3) is 0.350. The number of carbonyl (C=O) groups excluding carboxylic acids is 1. The Morgan fingerprint density at radius 1 is 1.08 bits per heavy atom. The van der Waals surface area contributed by atoms with Crippen LogP contribution >= 0.6 is 0 Å². The van der Waals surface area contributed by atoms with Gasteiger partial charge in [0.2, 0.25) is 0 Å². The summed E-state index contributed by atoms with van der Waals surface area (Å²) in [5, 5.41) is 7.66. The lowest BCUT2D eigenvalue weighted by molar-refractivity contribution is 0.0941. The number of pyridine rings is 1. The Balaban J connectivity index is 1.86. The highest BCUT2D eigenvalue weighted by molar-refractivity contribution is 6.06. The minimum Gasteiger partial charge on any atom is -0.345 e. The first-order chi connectivity index (χ1) is 11.9. The van der Waals surface area contributed by atoms with Gasteiger partial charge < -0.3 is 9.84 Å². The summed E-state index contributed by atoms with van der Waals surface area (Å²) >= 11 is 0. The number of benzene rings is 1. The van der Waals surface area contributed by atoms with Gasteiger partial charge in [-0.05, 0) is 43.9 Å². The van der Waals surface area contributed by atoms with Gasteiger partial charge in [0.25, 0.3) is 11.6 Å². The van der Waals surface area contributed by atoms with Crippen LogP contribution in [0.4, 0.5) is 0 Å². The second kappa shape index (κ2) is 6.67. The normalized spacial score (nSPS) is 12.6. The third-order valence-electron chi connectivity index (χ3n) is 4.44. The highest BCUT2D eigenvalue weighted by atomic mass is 16.5. The Morgan fingerprint density at radius 3 is 2.36 bits per heavy atom. The summed E-state index contributed by atoms with van der Waals surface area (Å²) in [6, 6.07) is 10.0. The van der Waals surface area contributed by atoms with E-state index < -0.39 is 0 Å². The largest absolute Gasteiger partial charge is 0.345 e. The number of fused-ring (bicyclic) bond motifs is 1. The molecule has 25 heavy (non-hydrogen) atoms. The van der Waals surface area contributed by atoms with E-state index >= 15 is 0 Å². The van der Waals surface area contributed by atoms with Gasteiger partial charge in [-0.1, -0.05) is 43.3 Å². The third kappa shape index (κ3) is 3.40. The summed E-state index contributed by atoms with van der Waals surface area (Å²) in [4.78, 5) is 17.1. The molecule has 0 aliphatic carbocycles. The number of carbonyl (C=O) groups is 1. The average Bonchev–Trinajstić information content (AvgIpc) is 2.95. The molecule has 0 fully saturated rings. The van der Waals surface area contributed by atoms with E-state index in [9.17, 15) is 4.79 Å². The Kier molecular flexibility index (Phi) is 4.57. The van der Waals surface area contributed by atoms with Crippen LogP contribution in [0.25, 0.3) is 11.1 Å². The molecule has 1 unspecified atom stereocenters. The molecule has 5 heteroatoms. The van der Waals surface area contributed by atoms with Crippen LogP contribution in [0.5, 0.6) is 0 Å². The molecule has 1 amide bonds. The van der Waals surface area contributed by atoms with E-state index in [0.717, 1.165) is 11.3 Å². The molecule has 0 aliphatic heterocycles. The topological polar surface area (TPSA) is 68.0 Å². The van der Waals surface area contributed by atoms with E-state index in [1.807, 2.05) is 20.8 Å². The Hall–Kier alpha value is -2.69. The second-order valence-electron chi connectivity index (χ2n) is 6.78. The molecule has 0 spiro atoms. The first kappa shape index (κ1) is 17.1. The van der Waals surface area contributed by atoms with Crippen molar-refractivity contribution in [3.63, 3.8) is 0 Å². The van der Waals surface area contributed by atoms with Gasteiger partial charge in [-0.2, -0.15) is 0 Å². The minimum atomic E-state index is -0.151. The summed E-state index contributed by atoms with van der Waals surface area (Å²) in [6.07, 6.45) is 0. The molecule has 3 rings (SSSR count). The number of nitrogens with zero attached hydrogens (tertiary/aromatic N) is 2. The van der Waals surface area contributed by atoms with Crippen LogP contribution in [0.1, 0.15) is 65.6 Å². The van der Waals surface area contributed by atoms with Crippen LogP contribution < -0.4 is 5.32 Å². The van der Waals surface area contributed by atoms with Gasteiger partial charge in [0, 0.05) is 5.69 Å². The van der Waals surface area contributed by atoms with Crippen molar-refractivity contribution in [1.82, 2.24) is 15.5 Å². The van der Waals surface area contributed by atoms with Crippen molar-refractivity contribution in [2.75, 3.05) is 0 Å². The Bertz CT molecular complexity index is 911. The lowest BCUT2D eigenvalue weighted by Crippen LogP contribution is -2.27. The zero-order chi connectivity index (χ0) is 18.1. The van der Waals surface area contributed by atoms with Crippen LogP contribution in [0, 0.1) is 13.8 Å². The van der Waals surface area contributed by atoms with E-state index in [-0.39, 0.29) is 11.9 Å². The Morgan fingerprint density at radius 2 is 1.72 bits per heavy atom. The highest BCUT2D eigenvalue weighted by Gasteiger charge is 2.19. The summed E-state index contributed by atoms with van der Waals surface area (Å²) in [6.45, 7) is 9.96. The molecule has 1 atom stereocenters. The lowest BCUT2D eigenvalue weighted by Gasteiger charge is -2.16. The summed E-state index contributed by atoms with van der Waals surface area (Å²) in [7, 11) is 0. The molecule has 2 heterocycles. The third-order valence-corrected chi connectivity index (χ3v) is 4.44. The van der Waals surface area contributed by atoms with Crippen molar-refractivity contribution in [2.24, 2.45) is 0 Å². The maximum Gasteiger partial charge on any atom is 0.258 e. The van der Waals surface area contributed by atoms with Crippen molar-refractivity contribution >= 4 is 17.0 Å². The fourth-order valence-electron chi connectivity index (χ4n) is 2.92. The molecule has 130 valence electrons. The second-order valence-corrected chi connectivity index (χ2v) is 6.78. The summed E-state index contributed by atoms with van der Waals surface area (Å²) in [5.41, 5.74) is 4.70. The van der Waals surface area contributed by atoms with Gasteiger partial charge in [0.15, 0.2) is 0 Å². The predicted molar refractivity (Wildman–Crippen MR) is 97.7 cm³/mol. The molecule has 3 aromatic rings. The zero-order valence-corrected chi connectivity index (χ0v) is 15.3. The van der Waals surface area contributed by atoms with Gasteiger partial charge in [0.05, 0.1) is 22.7 Å². The number of hydrogen-bond donors (Lipinski definition) is 1. The maximum atomic E-state index is 12.8. The highest BCUT2D eigenvalue weighted by Crippen LogP contribution is 2.23. The molecule has 2 aromatic heterocycles. The fourth-order valence-corrected chi connectivity index (χ4v) is 2.92. The van der Waals surface area contributed by atoms with Crippen molar-refractivity contribution in [3.05, 3.63) is 58.4 Å². The number of aryl methyl sites for hydroxylation is 2. The average molecular weight is 337 g/mol. The van der Waals surface area contributed by atoms with Crippen molar-refractivity contribution < 1.29 is 9.32 Å². The van der Waals surface area contributed by atoms with Crippen molar-refractivity contribution in [2.45, 2.75) is 46.6 Å². The number of nitrogens with one attached hydrogen (secondary N) is 1. The number of rotatable bonds is 4. The molecule has 1 N–H and O–H groups in total. The molecule has 0 radical (unpaired) electrons. The van der Waals surface area contributed by atoms with Crippen LogP contribution in [0.2, 0.25) is 0 Å². The van der Waals surface area contributed by atoms with E-state index in [0.29, 0.717) is 28.3 Å². The molecule has 1 aromatic carbocycles. The van der Waals surface area contributed by atoms with E-state index in [1.165, 1.54) is 5.56 Å². The van der Waals surface area contributed by atoms with E-state index in [4.69, 9.17) is 4.52 Å². The molecular formula is C20H23N3O2. The molecule has 0 bridgehead atoms. The summed E-state index contributed by atoms with van der Waals surface area (Å²) < 4.78 is 5.20. The van der Waals surface area contributed by atoms with Crippen LogP contribution in [-0.2, 0) is 0 Å². The van der Waals surface area contributed by atoms with Crippen LogP contribution in [0.15, 0.2) is 34.9 Å². The SMILES string of the molecule is Cc1cc(C(=O)NC(C)c2ccc(C(C)C)cc2)c2c(C)noc2n1. The quantitative estimate of drug-likeness (QED) is 0.763. The number of aromatic nitrogens is 2. The molecular weight excluding hydrogens is 314 g/mol. The first-order valence-electron chi connectivity index (χ1n) is 8.51. The van der Waals surface area contributed by atoms with E-state index in [1.54, 1.807) is 6.07 Å². The van der Waals surface area contributed by atoms with Crippen LogP contribution in [-0.4, -0.2) is 16.0 Å².